The molecule has 0 spiro atoms. The number of benzene rings is 2. The van der Waals surface area contributed by atoms with Crippen molar-refractivity contribution >= 4 is 35.1 Å². The van der Waals surface area contributed by atoms with Crippen LogP contribution in [0.4, 0.5) is 5.69 Å². The first-order valence-electron chi connectivity index (χ1n) is 8.35. The minimum absolute atomic E-state index is 0.0300. The first kappa shape index (κ1) is 20.0. The lowest BCUT2D eigenvalue weighted by Gasteiger charge is -2.15. The summed E-state index contributed by atoms with van der Waals surface area (Å²) in [6.07, 6.45) is 1.33. The molecule has 0 radical (unpaired) electrons. The van der Waals surface area contributed by atoms with Crippen molar-refractivity contribution in [2.75, 3.05) is 5.32 Å². The Bertz CT molecular complexity index is 1030. The van der Waals surface area contributed by atoms with Gasteiger partial charge in [0.15, 0.2) is 0 Å². The smallest absolute Gasteiger partial charge is 0.326 e. The highest BCUT2D eigenvalue weighted by molar-refractivity contribution is 6.40. The van der Waals surface area contributed by atoms with Gasteiger partial charge in [0.05, 0.1) is 11.4 Å². The van der Waals surface area contributed by atoms with Gasteiger partial charge in [-0.2, -0.15) is 4.68 Å². The maximum absolute atomic E-state index is 12.3. The summed E-state index contributed by atoms with van der Waals surface area (Å²) < 4.78 is 1.28. The van der Waals surface area contributed by atoms with Crippen LogP contribution in [0.2, 0.25) is 5.02 Å². The zero-order valence-corrected chi connectivity index (χ0v) is 15.6. The van der Waals surface area contributed by atoms with Gasteiger partial charge >= 0.3 is 17.8 Å². The van der Waals surface area contributed by atoms with E-state index in [2.05, 4.69) is 26.2 Å². The second kappa shape index (κ2) is 8.93. The Morgan fingerprint density at radius 1 is 1.10 bits per heavy atom. The molecule has 3 N–H and O–H groups in total. The van der Waals surface area contributed by atoms with E-state index in [4.69, 9.17) is 11.6 Å². The van der Waals surface area contributed by atoms with Gasteiger partial charge in [-0.25, -0.2) is 4.79 Å². The first-order valence-corrected chi connectivity index (χ1v) is 8.73. The summed E-state index contributed by atoms with van der Waals surface area (Å²) in [5.74, 6) is -3.41. The van der Waals surface area contributed by atoms with Crippen LogP contribution < -0.4 is 10.6 Å². The number of carbonyl (C=O) groups is 3. The van der Waals surface area contributed by atoms with Gasteiger partial charge in [-0.05, 0) is 34.2 Å². The fourth-order valence-corrected chi connectivity index (χ4v) is 2.70. The van der Waals surface area contributed by atoms with E-state index in [1.54, 1.807) is 42.5 Å². The number of aliphatic carboxylic acids is 1. The Morgan fingerprint density at radius 2 is 1.86 bits per heavy atom. The maximum atomic E-state index is 12.3. The van der Waals surface area contributed by atoms with Gasteiger partial charge < -0.3 is 15.7 Å². The largest absolute Gasteiger partial charge is 0.480 e. The summed E-state index contributed by atoms with van der Waals surface area (Å²) in [6.45, 7) is 0. The van der Waals surface area contributed by atoms with Gasteiger partial charge in [-0.1, -0.05) is 41.9 Å². The first-order chi connectivity index (χ1) is 13.9. The number of carboxylic acid groups (broad SMARTS) is 1. The van der Waals surface area contributed by atoms with Crippen molar-refractivity contribution in [3.63, 3.8) is 0 Å². The molecule has 0 bridgehead atoms. The second-order valence-corrected chi connectivity index (χ2v) is 6.36. The van der Waals surface area contributed by atoms with Gasteiger partial charge in [0.2, 0.25) is 0 Å². The van der Waals surface area contributed by atoms with Crippen LogP contribution in [0, 0.1) is 0 Å². The Labute approximate surface area is 169 Å². The molecule has 3 aromatic rings. The number of amides is 2. The third-order valence-electron chi connectivity index (χ3n) is 3.89. The summed E-state index contributed by atoms with van der Waals surface area (Å²) in [5.41, 5.74) is 1.26. The number of rotatable bonds is 6. The predicted octanol–water partition coefficient (Wildman–Crippen LogP) is 1.07. The van der Waals surface area contributed by atoms with E-state index < -0.39 is 23.8 Å². The van der Waals surface area contributed by atoms with Crippen LogP contribution >= 0.6 is 11.6 Å². The third kappa shape index (κ3) is 5.14. The molecule has 0 saturated heterocycles. The molecule has 0 unspecified atom stereocenters. The Hall–Kier alpha value is -3.79. The maximum Gasteiger partial charge on any atom is 0.326 e. The Kier molecular flexibility index (Phi) is 6.15. The zero-order chi connectivity index (χ0) is 20.8. The number of aromatic nitrogens is 4. The van der Waals surface area contributed by atoms with Crippen LogP contribution in [0.5, 0.6) is 0 Å². The van der Waals surface area contributed by atoms with Crippen molar-refractivity contribution in [1.29, 1.82) is 0 Å². The van der Waals surface area contributed by atoms with E-state index in [1.807, 2.05) is 0 Å². The summed E-state index contributed by atoms with van der Waals surface area (Å²) in [6, 6.07) is 12.0. The number of carboxylic acids is 1. The Balaban J connectivity index is 1.73. The van der Waals surface area contributed by atoms with Crippen LogP contribution in [-0.4, -0.2) is 49.1 Å². The number of tetrazole rings is 1. The van der Waals surface area contributed by atoms with Crippen molar-refractivity contribution in [1.82, 2.24) is 25.5 Å². The normalized spacial score (nSPS) is 11.5. The highest BCUT2D eigenvalue weighted by Gasteiger charge is 2.25. The van der Waals surface area contributed by atoms with Crippen molar-refractivity contribution in [2.45, 2.75) is 12.5 Å². The molecular weight excluding hydrogens is 400 g/mol. The molecule has 0 aliphatic heterocycles. The van der Waals surface area contributed by atoms with E-state index in [0.717, 1.165) is 0 Å². The average molecular weight is 415 g/mol. The van der Waals surface area contributed by atoms with E-state index in [9.17, 15) is 19.5 Å². The van der Waals surface area contributed by atoms with Crippen molar-refractivity contribution in [3.05, 3.63) is 65.4 Å². The predicted molar refractivity (Wildman–Crippen MR) is 103 cm³/mol. The summed E-state index contributed by atoms with van der Waals surface area (Å²) in [4.78, 5) is 36.1. The van der Waals surface area contributed by atoms with Gasteiger partial charge in [-0.15, -0.1) is 5.10 Å². The number of carbonyl (C=O) groups excluding carboxylic acids is 2. The molecule has 29 heavy (non-hydrogen) atoms. The SMILES string of the molecule is O=C(Nc1cc(Cl)ccc1-n1cnnn1)C(=O)N[C@@H](Cc1ccccc1)C(=O)O. The van der Waals surface area contributed by atoms with Crippen LogP contribution in [0.15, 0.2) is 54.9 Å². The third-order valence-corrected chi connectivity index (χ3v) is 4.13. The molecular formula is C18H15ClN6O4. The molecule has 11 heteroatoms. The van der Waals surface area contributed by atoms with E-state index in [-0.39, 0.29) is 12.1 Å². The number of nitrogens with zero attached hydrogens (tertiary/aromatic N) is 4. The standard InChI is InChI=1S/C18H15ClN6O4/c19-12-6-7-15(25-10-20-23-24-25)13(9-12)21-16(26)17(27)22-14(18(28)29)8-11-4-2-1-3-5-11/h1-7,9-10,14H,8H2,(H,21,26)(H,22,27)(H,28,29)/t14-/m0/s1. The number of nitrogens with one attached hydrogen (secondary N) is 2. The van der Waals surface area contributed by atoms with Crippen LogP contribution in [-0.2, 0) is 20.8 Å². The summed E-state index contributed by atoms with van der Waals surface area (Å²) >= 11 is 5.97. The van der Waals surface area contributed by atoms with Crippen molar-refractivity contribution in [3.8, 4) is 5.69 Å². The highest BCUT2D eigenvalue weighted by atomic mass is 35.5. The monoisotopic (exact) mass is 414 g/mol. The minimum Gasteiger partial charge on any atom is -0.480 e. The van der Waals surface area contributed by atoms with Crippen molar-refractivity contribution < 1.29 is 19.5 Å². The highest BCUT2D eigenvalue weighted by Crippen LogP contribution is 2.23. The lowest BCUT2D eigenvalue weighted by atomic mass is 10.1. The molecule has 1 aromatic heterocycles. The minimum atomic E-state index is -1.27. The summed E-state index contributed by atoms with van der Waals surface area (Å²) in [7, 11) is 0. The lowest BCUT2D eigenvalue weighted by Crippen LogP contribution is -2.46. The van der Waals surface area contributed by atoms with Gasteiger partial charge in [0.25, 0.3) is 0 Å². The molecule has 0 aliphatic carbocycles. The van der Waals surface area contributed by atoms with Gasteiger partial charge in [0.1, 0.15) is 12.4 Å². The molecule has 3 rings (SSSR count). The summed E-state index contributed by atoms with van der Waals surface area (Å²) in [5, 5.41) is 25.1. The average Bonchev–Trinajstić information content (AvgIpc) is 3.22. The Morgan fingerprint density at radius 3 is 2.52 bits per heavy atom. The molecule has 2 aromatic carbocycles. The van der Waals surface area contributed by atoms with E-state index in [1.165, 1.54) is 17.1 Å². The zero-order valence-electron chi connectivity index (χ0n) is 14.8. The second-order valence-electron chi connectivity index (χ2n) is 5.92. The molecule has 10 nitrogen and oxygen atoms in total. The van der Waals surface area contributed by atoms with E-state index >= 15 is 0 Å². The fraction of sp³-hybridized carbons (Fsp3) is 0.111. The molecule has 1 atom stereocenters. The lowest BCUT2D eigenvalue weighted by molar-refractivity contribution is -0.143. The topological polar surface area (TPSA) is 139 Å². The number of anilines is 1. The fourth-order valence-electron chi connectivity index (χ4n) is 2.53. The van der Waals surface area contributed by atoms with E-state index in [0.29, 0.717) is 16.3 Å². The molecule has 0 saturated carbocycles. The van der Waals surface area contributed by atoms with Gasteiger partial charge in [-0.3, -0.25) is 9.59 Å². The van der Waals surface area contributed by atoms with Crippen molar-refractivity contribution in [2.24, 2.45) is 0 Å². The number of hydrogen-bond donors (Lipinski definition) is 3. The van der Waals surface area contributed by atoms with Crippen LogP contribution in [0.25, 0.3) is 5.69 Å². The molecule has 0 fully saturated rings. The molecule has 1 heterocycles. The number of hydrogen-bond acceptors (Lipinski definition) is 6. The number of halogens is 1. The quantitative estimate of drug-likeness (QED) is 0.512. The molecule has 148 valence electrons. The van der Waals surface area contributed by atoms with Gasteiger partial charge in [0, 0.05) is 11.4 Å². The van der Waals surface area contributed by atoms with Crippen LogP contribution in [0.1, 0.15) is 5.56 Å². The van der Waals surface area contributed by atoms with Crippen LogP contribution in [0.3, 0.4) is 0 Å². The molecule has 0 aliphatic rings. The molecule has 2 amide bonds.